The number of carbonyl (C=O) groups excluding carboxylic acids is 1. The third kappa shape index (κ3) is 3.52. The van der Waals surface area contributed by atoms with Crippen molar-refractivity contribution in [2.24, 2.45) is 0 Å². The number of nitrogens with zero attached hydrogens (tertiary/aromatic N) is 2. The Labute approximate surface area is 154 Å². The van der Waals surface area contributed by atoms with E-state index >= 15 is 0 Å². The topological polar surface area (TPSA) is 68.0 Å². The number of halogens is 2. The molecule has 0 saturated heterocycles. The molecule has 1 saturated carbocycles. The number of anilines is 1. The average molecular weight is 374 g/mol. The first-order valence-corrected chi connectivity index (χ1v) is 8.56. The molecular formula is C18H13Cl2N3O2. The first-order chi connectivity index (χ1) is 12.1. The van der Waals surface area contributed by atoms with Gasteiger partial charge in [0.2, 0.25) is 0 Å². The Bertz CT molecular complexity index is 951. The van der Waals surface area contributed by atoms with E-state index in [1.165, 1.54) is 6.07 Å². The van der Waals surface area contributed by atoms with E-state index in [9.17, 15) is 4.79 Å². The molecule has 0 atom stereocenters. The molecular weight excluding hydrogens is 361 g/mol. The van der Waals surface area contributed by atoms with Gasteiger partial charge in [0.1, 0.15) is 0 Å². The Balaban J connectivity index is 1.56. The van der Waals surface area contributed by atoms with Crippen LogP contribution >= 0.6 is 23.2 Å². The van der Waals surface area contributed by atoms with E-state index in [1.54, 1.807) is 24.3 Å². The lowest BCUT2D eigenvalue weighted by Gasteiger charge is -2.08. The van der Waals surface area contributed by atoms with E-state index < -0.39 is 0 Å². The molecule has 1 N–H and O–H groups in total. The minimum absolute atomic E-state index is 0.313. The lowest BCUT2D eigenvalue weighted by Crippen LogP contribution is -2.12. The lowest BCUT2D eigenvalue weighted by atomic mass is 10.1. The fourth-order valence-corrected chi connectivity index (χ4v) is 2.83. The molecule has 1 amide bonds. The molecule has 0 radical (unpaired) electrons. The maximum Gasteiger partial charge on any atom is 0.258 e. The van der Waals surface area contributed by atoms with Crippen molar-refractivity contribution >= 4 is 34.8 Å². The molecule has 2 aromatic carbocycles. The molecule has 0 aliphatic heterocycles. The van der Waals surface area contributed by atoms with Crippen molar-refractivity contribution in [2.45, 2.75) is 18.8 Å². The van der Waals surface area contributed by atoms with Gasteiger partial charge in [-0.2, -0.15) is 4.98 Å². The fraction of sp³-hybridized carbons (Fsp3) is 0.167. The monoisotopic (exact) mass is 373 g/mol. The number of hydrogen-bond acceptors (Lipinski definition) is 4. The van der Waals surface area contributed by atoms with Gasteiger partial charge in [-0.05, 0) is 49.2 Å². The number of rotatable bonds is 4. The largest absolute Gasteiger partial charge is 0.334 e. The summed E-state index contributed by atoms with van der Waals surface area (Å²) in [6, 6.07) is 12.0. The van der Waals surface area contributed by atoms with E-state index in [4.69, 9.17) is 27.7 Å². The summed E-state index contributed by atoms with van der Waals surface area (Å²) in [6.45, 7) is 0. The Hall–Kier alpha value is -2.37. The summed E-state index contributed by atoms with van der Waals surface area (Å²) in [5.74, 6) is 1.27. The van der Waals surface area contributed by atoms with Crippen LogP contribution in [0.3, 0.4) is 0 Å². The minimum atomic E-state index is -0.339. The van der Waals surface area contributed by atoms with Crippen LogP contribution in [0.1, 0.15) is 34.9 Å². The zero-order valence-corrected chi connectivity index (χ0v) is 14.5. The van der Waals surface area contributed by atoms with Crippen LogP contribution in [0.15, 0.2) is 47.0 Å². The van der Waals surface area contributed by atoms with E-state index in [0.717, 1.165) is 24.2 Å². The van der Waals surface area contributed by atoms with Crippen LogP contribution in [0.5, 0.6) is 0 Å². The molecule has 4 rings (SSSR count). The molecule has 25 heavy (non-hydrogen) atoms. The highest BCUT2D eigenvalue weighted by Crippen LogP contribution is 2.39. The summed E-state index contributed by atoms with van der Waals surface area (Å²) in [5.41, 5.74) is 1.66. The van der Waals surface area contributed by atoms with E-state index in [0.29, 0.717) is 33.1 Å². The molecule has 1 aromatic heterocycles. The van der Waals surface area contributed by atoms with Gasteiger partial charge in [-0.3, -0.25) is 4.79 Å². The summed E-state index contributed by atoms with van der Waals surface area (Å²) in [7, 11) is 0. The average Bonchev–Trinajstić information content (AvgIpc) is 3.34. The first kappa shape index (κ1) is 16.1. The van der Waals surface area contributed by atoms with Crippen molar-refractivity contribution in [1.29, 1.82) is 0 Å². The summed E-state index contributed by atoms with van der Waals surface area (Å²) < 4.78 is 5.32. The third-order valence-electron chi connectivity index (χ3n) is 3.92. The van der Waals surface area contributed by atoms with Gasteiger partial charge in [0.05, 0.1) is 10.6 Å². The van der Waals surface area contributed by atoms with E-state index in [2.05, 4.69) is 15.5 Å². The predicted molar refractivity (Wildman–Crippen MR) is 96.1 cm³/mol. The summed E-state index contributed by atoms with van der Waals surface area (Å²) >= 11 is 12.0. The SMILES string of the molecule is O=C(Nc1cccc(-c2nc(C3CC3)no2)c1)c1cc(Cl)ccc1Cl. The number of nitrogens with one attached hydrogen (secondary N) is 1. The van der Waals surface area contributed by atoms with Crippen LogP contribution in [-0.2, 0) is 0 Å². The second-order valence-electron chi connectivity index (χ2n) is 5.89. The summed E-state index contributed by atoms with van der Waals surface area (Å²) in [4.78, 5) is 16.8. The molecule has 1 aliphatic carbocycles. The van der Waals surface area contributed by atoms with Gasteiger partial charge in [0, 0.05) is 22.2 Å². The standard InChI is InChI=1S/C18H13Cl2N3O2/c19-12-6-7-15(20)14(9-12)17(24)21-13-3-1-2-11(8-13)18-22-16(23-25-18)10-4-5-10/h1-3,6-10H,4-5H2,(H,21,24). The second kappa shape index (κ2) is 6.50. The zero-order valence-electron chi connectivity index (χ0n) is 13.0. The lowest BCUT2D eigenvalue weighted by molar-refractivity contribution is 0.102. The Kier molecular flexibility index (Phi) is 4.19. The summed E-state index contributed by atoms with van der Waals surface area (Å²) in [6.07, 6.45) is 2.21. The fourth-order valence-electron chi connectivity index (χ4n) is 2.46. The maximum atomic E-state index is 12.4. The Morgan fingerprint density at radius 3 is 2.80 bits per heavy atom. The predicted octanol–water partition coefficient (Wildman–Crippen LogP) is 5.17. The number of carbonyl (C=O) groups is 1. The first-order valence-electron chi connectivity index (χ1n) is 7.80. The highest BCUT2D eigenvalue weighted by molar-refractivity contribution is 6.36. The van der Waals surface area contributed by atoms with Crippen LogP contribution in [0.4, 0.5) is 5.69 Å². The Morgan fingerprint density at radius 1 is 1.16 bits per heavy atom. The minimum Gasteiger partial charge on any atom is -0.334 e. The number of benzene rings is 2. The van der Waals surface area contributed by atoms with Gasteiger partial charge in [-0.15, -0.1) is 0 Å². The molecule has 1 aliphatic rings. The van der Waals surface area contributed by atoms with Gasteiger partial charge < -0.3 is 9.84 Å². The Morgan fingerprint density at radius 2 is 2.00 bits per heavy atom. The van der Waals surface area contributed by atoms with E-state index in [1.807, 2.05) is 12.1 Å². The van der Waals surface area contributed by atoms with Gasteiger partial charge in [0.15, 0.2) is 5.82 Å². The number of hydrogen-bond donors (Lipinski definition) is 1. The van der Waals surface area contributed by atoms with Crippen molar-refractivity contribution in [2.75, 3.05) is 5.32 Å². The number of aromatic nitrogens is 2. The molecule has 0 bridgehead atoms. The molecule has 0 spiro atoms. The van der Waals surface area contributed by atoms with Crippen LogP contribution in [0, 0.1) is 0 Å². The molecule has 5 nitrogen and oxygen atoms in total. The molecule has 1 heterocycles. The molecule has 1 fully saturated rings. The zero-order chi connectivity index (χ0) is 17.4. The molecule has 3 aromatic rings. The maximum absolute atomic E-state index is 12.4. The van der Waals surface area contributed by atoms with Crippen molar-refractivity contribution in [3.63, 3.8) is 0 Å². The van der Waals surface area contributed by atoms with E-state index in [-0.39, 0.29) is 5.91 Å². The highest BCUT2D eigenvalue weighted by Gasteiger charge is 2.29. The van der Waals surface area contributed by atoms with Crippen LogP contribution in [-0.4, -0.2) is 16.0 Å². The van der Waals surface area contributed by atoms with Gasteiger partial charge in [0.25, 0.3) is 11.8 Å². The molecule has 7 heteroatoms. The van der Waals surface area contributed by atoms with Crippen LogP contribution in [0.2, 0.25) is 10.0 Å². The highest BCUT2D eigenvalue weighted by atomic mass is 35.5. The number of amides is 1. The van der Waals surface area contributed by atoms with Gasteiger partial charge in [-0.25, -0.2) is 0 Å². The normalized spacial score (nSPS) is 13.7. The van der Waals surface area contributed by atoms with Crippen molar-refractivity contribution in [1.82, 2.24) is 10.1 Å². The van der Waals surface area contributed by atoms with Crippen LogP contribution < -0.4 is 5.32 Å². The van der Waals surface area contributed by atoms with Gasteiger partial charge >= 0.3 is 0 Å². The van der Waals surface area contributed by atoms with Crippen LogP contribution in [0.25, 0.3) is 11.5 Å². The smallest absolute Gasteiger partial charge is 0.258 e. The third-order valence-corrected chi connectivity index (χ3v) is 4.49. The second-order valence-corrected chi connectivity index (χ2v) is 6.73. The molecule has 126 valence electrons. The molecule has 0 unspecified atom stereocenters. The van der Waals surface area contributed by atoms with Crippen molar-refractivity contribution in [3.05, 3.63) is 63.9 Å². The van der Waals surface area contributed by atoms with Crippen molar-refractivity contribution in [3.8, 4) is 11.5 Å². The quantitative estimate of drug-likeness (QED) is 0.684. The summed E-state index contributed by atoms with van der Waals surface area (Å²) in [5, 5.41) is 7.60. The van der Waals surface area contributed by atoms with Crippen molar-refractivity contribution < 1.29 is 9.32 Å². The van der Waals surface area contributed by atoms with Gasteiger partial charge in [-0.1, -0.05) is 34.4 Å².